The minimum Gasteiger partial charge on any atom is -0.380 e. The van der Waals surface area contributed by atoms with Crippen LogP contribution in [-0.4, -0.2) is 25.8 Å². The average molecular weight is 289 g/mol. The molecule has 0 amide bonds. The molecule has 1 aromatic carbocycles. The molecule has 2 unspecified atom stereocenters. The number of nitrogens with one attached hydrogen (secondary N) is 1. The van der Waals surface area contributed by atoms with E-state index >= 15 is 0 Å². The van der Waals surface area contributed by atoms with Crippen LogP contribution in [0.25, 0.3) is 0 Å². The third-order valence-corrected chi connectivity index (χ3v) is 4.50. The summed E-state index contributed by atoms with van der Waals surface area (Å²) in [6, 6.07) is 9.54. The van der Waals surface area contributed by atoms with Crippen molar-refractivity contribution in [2.24, 2.45) is 5.92 Å². The summed E-state index contributed by atoms with van der Waals surface area (Å²) in [7, 11) is 1.86. The fraction of sp³-hybridized carbons (Fsp3) is 0.684. The lowest BCUT2D eigenvalue weighted by Gasteiger charge is -2.27. The van der Waals surface area contributed by atoms with E-state index in [0.29, 0.717) is 12.1 Å². The molecule has 0 bridgehead atoms. The quantitative estimate of drug-likeness (QED) is 0.821. The van der Waals surface area contributed by atoms with Crippen molar-refractivity contribution < 1.29 is 4.74 Å². The monoisotopic (exact) mass is 289 g/mol. The Hall–Kier alpha value is -0.860. The molecule has 2 nitrogen and oxygen atoms in total. The van der Waals surface area contributed by atoms with Gasteiger partial charge in [-0.1, -0.05) is 52.0 Å². The van der Waals surface area contributed by atoms with Gasteiger partial charge in [0.25, 0.3) is 0 Å². The van der Waals surface area contributed by atoms with Crippen molar-refractivity contribution in [2.45, 2.75) is 64.5 Å². The smallest absolute Gasteiger partial charge is 0.0755 e. The van der Waals surface area contributed by atoms with E-state index in [-0.39, 0.29) is 5.41 Å². The second-order valence-electron chi connectivity index (χ2n) is 7.35. The maximum atomic E-state index is 5.78. The molecule has 2 heteroatoms. The van der Waals surface area contributed by atoms with E-state index in [2.05, 4.69) is 57.3 Å². The van der Waals surface area contributed by atoms with Crippen LogP contribution in [0.2, 0.25) is 0 Å². The molecule has 118 valence electrons. The predicted octanol–water partition coefficient (Wildman–Crippen LogP) is 3.93. The van der Waals surface area contributed by atoms with Gasteiger partial charge >= 0.3 is 0 Å². The molecule has 1 N–H and O–H groups in total. The zero-order valence-electron chi connectivity index (χ0n) is 14.3. The topological polar surface area (TPSA) is 21.3 Å². The normalized spacial score (nSPS) is 18.5. The highest BCUT2D eigenvalue weighted by molar-refractivity contribution is 5.28. The van der Waals surface area contributed by atoms with E-state index in [4.69, 9.17) is 4.74 Å². The first-order chi connectivity index (χ1) is 9.95. The lowest BCUT2D eigenvalue weighted by Crippen LogP contribution is -2.43. The van der Waals surface area contributed by atoms with Crippen LogP contribution >= 0.6 is 0 Å². The summed E-state index contributed by atoms with van der Waals surface area (Å²) in [5, 5.41) is 3.62. The highest BCUT2D eigenvalue weighted by atomic mass is 16.5. The average Bonchev–Trinajstić information content (AvgIpc) is 3.24. The lowest BCUT2D eigenvalue weighted by molar-refractivity contribution is 0.0516. The van der Waals surface area contributed by atoms with Gasteiger partial charge in [-0.25, -0.2) is 0 Å². The Bertz CT molecular complexity index is 428. The Kier molecular flexibility index (Phi) is 5.45. The summed E-state index contributed by atoms with van der Waals surface area (Å²) in [5.74, 6) is 0.757. The largest absolute Gasteiger partial charge is 0.380 e. The van der Waals surface area contributed by atoms with Gasteiger partial charge in [0.1, 0.15) is 0 Å². The molecule has 0 aromatic heterocycles. The van der Waals surface area contributed by atoms with Crippen LogP contribution < -0.4 is 5.32 Å². The lowest BCUT2D eigenvalue weighted by atomic mass is 9.86. The van der Waals surface area contributed by atoms with Gasteiger partial charge in [0, 0.05) is 13.2 Å². The molecule has 2 rings (SSSR count). The fourth-order valence-electron chi connectivity index (χ4n) is 3.07. The molecular weight excluding hydrogens is 258 g/mol. The van der Waals surface area contributed by atoms with Crippen molar-refractivity contribution in [1.82, 2.24) is 5.32 Å². The van der Waals surface area contributed by atoms with Crippen LogP contribution in [0.5, 0.6) is 0 Å². The number of rotatable bonds is 7. The highest BCUT2D eigenvalue weighted by Gasteiger charge is 2.36. The maximum absolute atomic E-state index is 5.78. The molecule has 1 aliphatic rings. The Balaban J connectivity index is 2.05. The van der Waals surface area contributed by atoms with E-state index < -0.39 is 0 Å². The molecule has 0 spiro atoms. The minimum atomic E-state index is 0.225. The van der Waals surface area contributed by atoms with Crippen LogP contribution in [0.4, 0.5) is 0 Å². The van der Waals surface area contributed by atoms with E-state index in [0.717, 1.165) is 18.9 Å². The molecule has 0 radical (unpaired) electrons. The molecule has 2 atom stereocenters. The van der Waals surface area contributed by atoms with Crippen LogP contribution in [0.1, 0.15) is 51.7 Å². The highest BCUT2D eigenvalue weighted by Crippen LogP contribution is 2.36. The zero-order chi connectivity index (χ0) is 15.5. The first kappa shape index (κ1) is 16.5. The van der Waals surface area contributed by atoms with E-state index in [1.165, 1.54) is 24.0 Å². The van der Waals surface area contributed by atoms with Gasteiger partial charge in [-0.3, -0.25) is 0 Å². The molecule has 0 aliphatic heterocycles. The Labute approximate surface area is 130 Å². The first-order valence-corrected chi connectivity index (χ1v) is 8.31. The number of hydrogen-bond acceptors (Lipinski definition) is 2. The molecule has 1 aliphatic carbocycles. The fourth-order valence-corrected chi connectivity index (χ4v) is 3.07. The Morgan fingerprint density at radius 2 is 1.81 bits per heavy atom. The van der Waals surface area contributed by atoms with Crippen molar-refractivity contribution in [2.75, 3.05) is 13.7 Å². The van der Waals surface area contributed by atoms with Gasteiger partial charge in [0.2, 0.25) is 0 Å². The molecule has 1 fully saturated rings. The first-order valence-electron chi connectivity index (χ1n) is 8.31. The van der Waals surface area contributed by atoms with Gasteiger partial charge in [-0.15, -0.1) is 0 Å². The summed E-state index contributed by atoms with van der Waals surface area (Å²) >= 11 is 0. The summed E-state index contributed by atoms with van der Waals surface area (Å²) < 4.78 is 5.78. The molecule has 0 saturated heterocycles. The van der Waals surface area contributed by atoms with Crippen molar-refractivity contribution in [1.29, 1.82) is 0 Å². The third kappa shape index (κ3) is 4.55. The van der Waals surface area contributed by atoms with Crippen molar-refractivity contribution in [3.8, 4) is 0 Å². The van der Waals surface area contributed by atoms with Crippen molar-refractivity contribution in [3.63, 3.8) is 0 Å². The van der Waals surface area contributed by atoms with Gasteiger partial charge in [0.15, 0.2) is 0 Å². The second-order valence-corrected chi connectivity index (χ2v) is 7.35. The van der Waals surface area contributed by atoms with Crippen LogP contribution in [-0.2, 0) is 16.6 Å². The minimum absolute atomic E-state index is 0.225. The van der Waals surface area contributed by atoms with E-state index in [9.17, 15) is 0 Å². The van der Waals surface area contributed by atoms with Gasteiger partial charge in [-0.05, 0) is 48.3 Å². The van der Waals surface area contributed by atoms with Gasteiger partial charge in [-0.2, -0.15) is 0 Å². The second kappa shape index (κ2) is 6.93. The number of methoxy groups -OCH3 is 1. The SMILES string of the molecule is CCNC(Cc1ccc(C(C)(C)C)cc1)C(OC)C1CC1. The summed E-state index contributed by atoms with van der Waals surface area (Å²) in [5.41, 5.74) is 3.02. The van der Waals surface area contributed by atoms with Crippen molar-refractivity contribution >= 4 is 0 Å². The zero-order valence-corrected chi connectivity index (χ0v) is 14.3. The summed E-state index contributed by atoms with van der Waals surface area (Å²) in [6.07, 6.45) is 4.05. The Morgan fingerprint density at radius 3 is 2.24 bits per heavy atom. The number of ether oxygens (including phenoxy) is 1. The predicted molar refractivity (Wildman–Crippen MR) is 89.8 cm³/mol. The van der Waals surface area contributed by atoms with Crippen LogP contribution in [0.3, 0.4) is 0 Å². The Morgan fingerprint density at radius 1 is 1.19 bits per heavy atom. The standard InChI is InChI=1S/C19H31NO/c1-6-20-17(18(21-5)15-9-10-15)13-14-7-11-16(12-8-14)19(2,3)4/h7-8,11-12,15,17-18,20H,6,9-10,13H2,1-5H3. The summed E-state index contributed by atoms with van der Waals surface area (Å²) in [6.45, 7) is 9.96. The summed E-state index contributed by atoms with van der Waals surface area (Å²) in [4.78, 5) is 0. The molecule has 21 heavy (non-hydrogen) atoms. The van der Waals surface area contributed by atoms with Gasteiger partial charge < -0.3 is 10.1 Å². The number of benzene rings is 1. The number of hydrogen-bond donors (Lipinski definition) is 1. The van der Waals surface area contributed by atoms with E-state index in [1.807, 2.05) is 7.11 Å². The number of likely N-dealkylation sites (N-methyl/N-ethyl adjacent to an activating group) is 1. The van der Waals surface area contributed by atoms with Crippen molar-refractivity contribution in [3.05, 3.63) is 35.4 Å². The molecule has 0 heterocycles. The van der Waals surface area contributed by atoms with E-state index in [1.54, 1.807) is 0 Å². The van der Waals surface area contributed by atoms with Crippen LogP contribution in [0, 0.1) is 5.92 Å². The molecular formula is C19H31NO. The maximum Gasteiger partial charge on any atom is 0.0755 e. The van der Waals surface area contributed by atoms with Crippen LogP contribution in [0.15, 0.2) is 24.3 Å². The third-order valence-electron chi connectivity index (χ3n) is 4.50. The molecule has 1 aromatic rings. The van der Waals surface area contributed by atoms with Gasteiger partial charge in [0.05, 0.1) is 6.10 Å². The molecule has 1 saturated carbocycles.